The van der Waals surface area contributed by atoms with E-state index in [-0.39, 0.29) is 23.8 Å². The minimum Gasteiger partial charge on any atom is -0.426 e. The van der Waals surface area contributed by atoms with Gasteiger partial charge in [0.2, 0.25) is 0 Å². The molecule has 0 saturated carbocycles. The number of rotatable bonds is 8. The van der Waals surface area contributed by atoms with Crippen LogP contribution in [0, 0.1) is 5.92 Å². The van der Waals surface area contributed by atoms with Crippen LogP contribution in [0.4, 0.5) is 10.5 Å². The van der Waals surface area contributed by atoms with Gasteiger partial charge in [-0.3, -0.25) is 9.78 Å². The number of pyridine rings is 1. The largest absolute Gasteiger partial charge is 0.426 e. The maximum Gasteiger partial charge on any atom is 0.315 e. The van der Waals surface area contributed by atoms with Gasteiger partial charge in [-0.1, -0.05) is 31.2 Å². The van der Waals surface area contributed by atoms with E-state index in [0.29, 0.717) is 25.3 Å². The van der Waals surface area contributed by atoms with Crippen molar-refractivity contribution in [3.63, 3.8) is 0 Å². The van der Waals surface area contributed by atoms with Crippen molar-refractivity contribution in [1.82, 2.24) is 15.6 Å². The van der Waals surface area contributed by atoms with Crippen LogP contribution in [0.1, 0.15) is 44.2 Å². The Bertz CT molecular complexity index is 1180. The average molecular weight is 461 g/mol. The smallest absolute Gasteiger partial charge is 0.315 e. The number of carbonyl (C=O) groups excluding carboxylic acids is 2. The summed E-state index contributed by atoms with van der Waals surface area (Å²) in [5, 5.41) is 6.75. The summed E-state index contributed by atoms with van der Waals surface area (Å²) in [5.74, 6) is 0.140. The van der Waals surface area contributed by atoms with E-state index in [1.54, 1.807) is 6.20 Å². The highest BCUT2D eigenvalue weighted by Crippen LogP contribution is 2.40. The van der Waals surface area contributed by atoms with Gasteiger partial charge in [-0.25, -0.2) is 4.79 Å². The van der Waals surface area contributed by atoms with Crippen molar-refractivity contribution < 1.29 is 14.3 Å². The number of esters is 1. The third-order valence-electron chi connectivity index (χ3n) is 6.57. The lowest BCUT2D eigenvalue weighted by Crippen LogP contribution is -2.38. The predicted molar refractivity (Wildman–Crippen MR) is 134 cm³/mol. The Hall–Kier alpha value is -3.61. The molecule has 1 aliphatic heterocycles. The van der Waals surface area contributed by atoms with Gasteiger partial charge in [-0.2, -0.15) is 0 Å². The van der Waals surface area contributed by atoms with Gasteiger partial charge in [0.25, 0.3) is 0 Å². The second-order valence-electron chi connectivity index (χ2n) is 8.65. The van der Waals surface area contributed by atoms with Gasteiger partial charge >= 0.3 is 12.0 Å². The highest BCUT2D eigenvalue weighted by Gasteiger charge is 2.35. The third-order valence-corrected chi connectivity index (χ3v) is 6.57. The molecule has 2 heterocycles. The molecule has 3 aromatic rings. The van der Waals surface area contributed by atoms with E-state index in [0.717, 1.165) is 40.8 Å². The van der Waals surface area contributed by atoms with E-state index < -0.39 is 0 Å². The number of para-hydroxylation sites is 1. The van der Waals surface area contributed by atoms with Crippen LogP contribution < -0.4 is 20.3 Å². The molecule has 7 heteroatoms. The third kappa shape index (κ3) is 5.14. The molecule has 2 unspecified atom stereocenters. The van der Waals surface area contributed by atoms with Crippen LogP contribution in [0.3, 0.4) is 0 Å². The van der Waals surface area contributed by atoms with Crippen LogP contribution in [-0.2, 0) is 11.3 Å². The Kier molecular flexibility index (Phi) is 7.30. The summed E-state index contributed by atoms with van der Waals surface area (Å²) in [6.45, 7) is 8.82. The van der Waals surface area contributed by atoms with E-state index in [2.05, 4.69) is 46.5 Å². The summed E-state index contributed by atoms with van der Waals surface area (Å²) in [6, 6.07) is 15.7. The van der Waals surface area contributed by atoms with Gasteiger partial charge in [0, 0.05) is 49.5 Å². The number of nitrogens with zero attached hydrogens (tertiary/aromatic N) is 2. The lowest BCUT2D eigenvalue weighted by molar-refractivity contribution is -0.141. The summed E-state index contributed by atoms with van der Waals surface area (Å²) in [5.41, 5.74) is 3.95. The van der Waals surface area contributed by atoms with E-state index >= 15 is 0 Å². The van der Waals surface area contributed by atoms with Gasteiger partial charge in [0.15, 0.2) is 0 Å². The minimum absolute atomic E-state index is 0.0236. The fourth-order valence-electron chi connectivity index (χ4n) is 4.55. The number of nitrogens with one attached hydrogen (secondary N) is 2. The van der Waals surface area contributed by atoms with E-state index in [1.165, 1.54) is 0 Å². The maximum absolute atomic E-state index is 12.7. The number of urea groups is 1. The first-order chi connectivity index (χ1) is 16.5. The molecule has 0 fully saturated rings. The number of ether oxygens (including phenoxy) is 1. The molecular weight excluding hydrogens is 428 g/mol. The first kappa shape index (κ1) is 23.5. The molecule has 2 N–H and O–H groups in total. The van der Waals surface area contributed by atoms with Gasteiger partial charge in [0.05, 0.1) is 11.4 Å². The molecule has 34 heavy (non-hydrogen) atoms. The minimum atomic E-state index is -0.295. The number of carbonyl (C=O) groups is 2. The molecule has 7 nitrogen and oxygen atoms in total. The number of hydrogen-bond donors (Lipinski definition) is 2. The lowest BCUT2D eigenvalue weighted by Gasteiger charge is -2.31. The first-order valence-electron chi connectivity index (χ1n) is 12.0. The van der Waals surface area contributed by atoms with Crippen molar-refractivity contribution in [2.75, 3.05) is 24.5 Å². The molecule has 0 aliphatic carbocycles. The predicted octanol–water partition coefficient (Wildman–Crippen LogP) is 4.61. The summed E-state index contributed by atoms with van der Waals surface area (Å²) < 4.78 is 5.69. The molecule has 0 radical (unpaired) electrons. The van der Waals surface area contributed by atoms with Crippen LogP contribution in [0.25, 0.3) is 10.9 Å². The fourth-order valence-corrected chi connectivity index (χ4v) is 4.55. The highest BCUT2D eigenvalue weighted by molar-refractivity contribution is 5.81. The number of benzene rings is 2. The molecule has 2 amide bonds. The lowest BCUT2D eigenvalue weighted by atomic mass is 9.83. The van der Waals surface area contributed by atoms with Crippen molar-refractivity contribution in [2.24, 2.45) is 5.92 Å². The van der Waals surface area contributed by atoms with Crippen LogP contribution in [0.5, 0.6) is 5.75 Å². The zero-order valence-corrected chi connectivity index (χ0v) is 20.0. The highest BCUT2D eigenvalue weighted by atomic mass is 16.5. The average Bonchev–Trinajstić information content (AvgIpc) is 2.85. The van der Waals surface area contributed by atoms with E-state index in [1.807, 2.05) is 43.3 Å². The summed E-state index contributed by atoms with van der Waals surface area (Å²) in [7, 11) is 0. The van der Waals surface area contributed by atoms with Crippen molar-refractivity contribution in [1.29, 1.82) is 0 Å². The molecular formula is C27H32N4O3. The van der Waals surface area contributed by atoms with Gasteiger partial charge in [-0.05, 0) is 55.5 Å². The van der Waals surface area contributed by atoms with Crippen LogP contribution in [-0.4, -0.2) is 36.6 Å². The van der Waals surface area contributed by atoms with E-state index in [9.17, 15) is 9.59 Å². The first-order valence-corrected chi connectivity index (χ1v) is 12.0. The maximum atomic E-state index is 12.7. The Balaban J connectivity index is 1.29. The number of amides is 2. The molecule has 4 rings (SSSR count). The molecule has 0 saturated heterocycles. The Labute approximate surface area is 200 Å². The SMILES string of the molecule is CCN(CC)c1ccc2c(c1)OC(=O)C(CCNC(=O)NCc1cnc3ccccc3c1)C2C. The molecule has 2 aromatic carbocycles. The summed E-state index contributed by atoms with van der Waals surface area (Å²) in [4.78, 5) is 31.6. The summed E-state index contributed by atoms with van der Waals surface area (Å²) in [6.07, 6.45) is 2.29. The number of aromatic nitrogens is 1. The molecule has 178 valence electrons. The molecule has 1 aliphatic rings. The number of hydrogen-bond acceptors (Lipinski definition) is 5. The van der Waals surface area contributed by atoms with Crippen LogP contribution in [0.2, 0.25) is 0 Å². The zero-order chi connectivity index (χ0) is 24.1. The van der Waals surface area contributed by atoms with Crippen molar-refractivity contribution in [3.8, 4) is 5.75 Å². The van der Waals surface area contributed by atoms with E-state index in [4.69, 9.17) is 4.74 Å². The van der Waals surface area contributed by atoms with Crippen LogP contribution in [0.15, 0.2) is 54.7 Å². The van der Waals surface area contributed by atoms with Gasteiger partial charge < -0.3 is 20.3 Å². The molecule has 2 atom stereocenters. The van der Waals surface area contributed by atoms with Crippen molar-refractivity contribution in [3.05, 3.63) is 65.9 Å². The standard InChI is InChI=1S/C27H32N4O3/c1-4-31(5-2)21-10-11-22-18(3)23(26(32)34-25(22)15-21)12-13-28-27(33)30-17-19-14-20-8-6-7-9-24(20)29-16-19/h6-11,14-16,18,23H,4-5,12-13,17H2,1-3H3,(H2,28,30,33). The number of fused-ring (bicyclic) bond motifs is 2. The molecule has 1 aromatic heterocycles. The second-order valence-corrected chi connectivity index (χ2v) is 8.65. The van der Waals surface area contributed by atoms with Gasteiger partial charge in [-0.15, -0.1) is 0 Å². The Morgan fingerprint density at radius 2 is 1.88 bits per heavy atom. The van der Waals surface area contributed by atoms with Crippen LogP contribution >= 0.6 is 0 Å². The second kappa shape index (κ2) is 10.5. The quantitative estimate of drug-likeness (QED) is 0.379. The Morgan fingerprint density at radius 3 is 2.68 bits per heavy atom. The zero-order valence-electron chi connectivity index (χ0n) is 20.0. The summed E-state index contributed by atoms with van der Waals surface area (Å²) >= 11 is 0. The van der Waals surface area contributed by atoms with Crippen molar-refractivity contribution in [2.45, 2.75) is 39.7 Å². The Morgan fingerprint density at radius 1 is 1.09 bits per heavy atom. The normalized spacial score (nSPS) is 17.1. The number of anilines is 1. The molecule has 0 bridgehead atoms. The van der Waals surface area contributed by atoms with Gasteiger partial charge in [0.1, 0.15) is 5.75 Å². The monoisotopic (exact) mass is 460 g/mol. The fraction of sp³-hybridized carbons (Fsp3) is 0.370. The molecule has 0 spiro atoms. The van der Waals surface area contributed by atoms with Crippen molar-refractivity contribution >= 4 is 28.6 Å². The topological polar surface area (TPSA) is 83.6 Å².